The summed E-state index contributed by atoms with van der Waals surface area (Å²) in [4.78, 5) is 18.8. The Morgan fingerprint density at radius 1 is 1.19 bits per heavy atom. The molecule has 1 aliphatic rings. The van der Waals surface area contributed by atoms with Crippen molar-refractivity contribution in [1.82, 2.24) is 15.2 Å². The summed E-state index contributed by atoms with van der Waals surface area (Å²) in [7, 11) is 0. The molecule has 5 heteroatoms. The molecule has 1 aromatic carbocycles. The van der Waals surface area contributed by atoms with E-state index in [1.807, 2.05) is 31.2 Å². The molecule has 26 heavy (non-hydrogen) atoms. The summed E-state index contributed by atoms with van der Waals surface area (Å²) in [5.74, 6) is 0.632. The highest BCUT2D eigenvalue weighted by molar-refractivity contribution is 5.94. The monoisotopic (exact) mass is 353 g/mol. The van der Waals surface area contributed by atoms with Crippen molar-refractivity contribution in [1.29, 1.82) is 0 Å². The van der Waals surface area contributed by atoms with Crippen molar-refractivity contribution in [2.75, 3.05) is 19.6 Å². The van der Waals surface area contributed by atoms with E-state index in [4.69, 9.17) is 4.74 Å². The number of rotatable bonds is 7. The average molecular weight is 353 g/mol. The van der Waals surface area contributed by atoms with Gasteiger partial charge >= 0.3 is 0 Å². The molecule has 1 atom stereocenters. The number of carbonyl (C=O) groups is 1. The molecule has 0 radical (unpaired) electrons. The molecule has 2 aromatic rings. The minimum Gasteiger partial charge on any atom is -0.487 e. The van der Waals surface area contributed by atoms with Gasteiger partial charge < -0.3 is 10.1 Å². The smallest absolute Gasteiger partial charge is 0.251 e. The van der Waals surface area contributed by atoms with Crippen LogP contribution in [0, 0.1) is 0 Å². The van der Waals surface area contributed by atoms with Crippen LogP contribution >= 0.6 is 0 Å². The summed E-state index contributed by atoms with van der Waals surface area (Å²) < 4.78 is 5.72. The maximum absolute atomic E-state index is 12.3. The van der Waals surface area contributed by atoms with E-state index in [2.05, 4.69) is 27.3 Å². The van der Waals surface area contributed by atoms with E-state index >= 15 is 0 Å². The predicted octanol–water partition coefficient (Wildman–Crippen LogP) is 3.26. The SMILES string of the molecule is C[C@H](CNC(=O)c1ccc(CN2CCCCC2)cc1)Oc1cccnc1. The third kappa shape index (κ3) is 5.56. The fraction of sp³-hybridized carbons (Fsp3) is 0.429. The van der Waals surface area contributed by atoms with Crippen LogP contribution in [0.25, 0.3) is 0 Å². The molecule has 1 saturated heterocycles. The van der Waals surface area contributed by atoms with Gasteiger partial charge in [0.15, 0.2) is 0 Å². The number of pyridine rings is 1. The third-order valence-electron chi connectivity index (χ3n) is 4.59. The Balaban J connectivity index is 1.45. The zero-order chi connectivity index (χ0) is 18.2. The lowest BCUT2D eigenvalue weighted by Gasteiger charge is -2.26. The Bertz CT molecular complexity index is 682. The van der Waals surface area contributed by atoms with Crippen molar-refractivity contribution in [3.05, 3.63) is 59.9 Å². The third-order valence-corrected chi connectivity index (χ3v) is 4.59. The average Bonchev–Trinajstić information content (AvgIpc) is 2.68. The van der Waals surface area contributed by atoms with Gasteiger partial charge in [-0.25, -0.2) is 0 Å². The molecule has 1 amide bonds. The van der Waals surface area contributed by atoms with Crippen LogP contribution < -0.4 is 10.1 Å². The number of amides is 1. The molecule has 0 saturated carbocycles. The molecule has 1 aliphatic heterocycles. The Morgan fingerprint density at radius 2 is 1.96 bits per heavy atom. The normalized spacial score (nSPS) is 16.0. The van der Waals surface area contributed by atoms with Crippen molar-refractivity contribution in [3.8, 4) is 5.75 Å². The highest BCUT2D eigenvalue weighted by atomic mass is 16.5. The Kier molecular flexibility index (Phi) is 6.61. The quantitative estimate of drug-likeness (QED) is 0.830. The largest absolute Gasteiger partial charge is 0.487 e. The lowest BCUT2D eigenvalue weighted by atomic mass is 10.1. The van der Waals surface area contributed by atoms with Crippen LogP contribution in [-0.4, -0.2) is 41.5 Å². The zero-order valence-corrected chi connectivity index (χ0v) is 15.4. The Labute approximate surface area is 155 Å². The predicted molar refractivity (Wildman–Crippen MR) is 102 cm³/mol. The van der Waals surface area contributed by atoms with Crippen molar-refractivity contribution >= 4 is 5.91 Å². The minimum absolute atomic E-state index is 0.0730. The maximum atomic E-state index is 12.3. The highest BCUT2D eigenvalue weighted by Crippen LogP contribution is 2.14. The second kappa shape index (κ2) is 9.34. The van der Waals surface area contributed by atoms with Crippen LogP contribution in [-0.2, 0) is 6.54 Å². The van der Waals surface area contributed by atoms with E-state index < -0.39 is 0 Å². The number of aromatic nitrogens is 1. The van der Waals surface area contributed by atoms with Crippen LogP contribution in [0.5, 0.6) is 5.75 Å². The van der Waals surface area contributed by atoms with Gasteiger partial charge in [-0.3, -0.25) is 14.7 Å². The number of ether oxygens (including phenoxy) is 1. The van der Waals surface area contributed by atoms with E-state index in [0.29, 0.717) is 17.9 Å². The fourth-order valence-electron chi connectivity index (χ4n) is 3.17. The minimum atomic E-state index is -0.124. The molecule has 3 rings (SSSR count). The summed E-state index contributed by atoms with van der Waals surface area (Å²) in [6, 6.07) is 11.6. The number of piperidine rings is 1. The van der Waals surface area contributed by atoms with E-state index in [1.165, 1.54) is 37.9 Å². The molecule has 0 unspecified atom stereocenters. The van der Waals surface area contributed by atoms with Crippen LogP contribution in [0.3, 0.4) is 0 Å². The van der Waals surface area contributed by atoms with Gasteiger partial charge in [0, 0.05) is 18.3 Å². The lowest BCUT2D eigenvalue weighted by molar-refractivity contribution is 0.0932. The molecule has 1 N–H and O–H groups in total. The number of likely N-dealkylation sites (tertiary alicyclic amines) is 1. The van der Waals surface area contributed by atoms with Crippen LogP contribution in [0.1, 0.15) is 42.1 Å². The molecular formula is C21H27N3O2. The van der Waals surface area contributed by atoms with Crippen molar-refractivity contribution < 1.29 is 9.53 Å². The molecule has 1 aromatic heterocycles. The second-order valence-corrected chi connectivity index (χ2v) is 6.86. The second-order valence-electron chi connectivity index (χ2n) is 6.86. The number of nitrogens with one attached hydrogen (secondary N) is 1. The van der Waals surface area contributed by atoms with Crippen molar-refractivity contribution in [3.63, 3.8) is 0 Å². The number of hydrogen-bond acceptors (Lipinski definition) is 4. The summed E-state index contributed by atoms with van der Waals surface area (Å²) in [6.07, 6.45) is 7.17. The first kappa shape index (κ1) is 18.4. The van der Waals surface area contributed by atoms with Crippen molar-refractivity contribution in [2.24, 2.45) is 0 Å². The van der Waals surface area contributed by atoms with Gasteiger partial charge in [0.05, 0.1) is 12.7 Å². The standard InChI is InChI=1S/C21H27N3O2/c1-17(26-20-6-5-11-22-15-20)14-23-21(25)19-9-7-18(8-10-19)16-24-12-3-2-4-13-24/h5-11,15,17H,2-4,12-14,16H2,1H3,(H,23,25)/t17-/m1/s1. The zero-order valence-electron chi connectivity index (χ0n) is 15.4. The summed E-state index contributed by atoms with van der Waals surface area (Å²) in [5, 5.41) is 2.93. The van der Waals surface area contributed by atoms with Gasteiger partial charge in [-0.1, -0.05) is 18.6 Å². The molecule has 1 fully saturated rings. The molecular weight excluding hydrogens is 326 g/mol. The number of hydrogen-bond donors (Lipinski definition) is 1. The lowest BCUT2D eigenvalue weighted by Crippen LogP contribution is -2.33. The molecule has 0 aliphatic carbocycles. The number of nitrogens with zero attached hydrogens (tertiary/aromatic N) is 2. The summed E-state index contributed by atoms with van der Waals surface area (Å²) in [6.45, 7) is 5.70. The van der Waals surface area contributed by atoms with Gasteiger partial charge in [-0.15, -0.1) is 0 Å². The first-order valence-corrected chi connectivity index (χ1v) is 9.37. The first-order valence-electron chi connectivity index (χ1n) is 9.37. The van der Waals surface area contributed by atoms with Gasteiger partial charge in [-0.05, 0) is 62.7 Å². The van der Waals surface area contributed by atoms with E-state index in [1.54, 1.807) is 12.4 Å². The van der Waals surface area contributed by atoms with Crippen LogP contribution in [0.4, 0.5) is 0 Å². The summed E-state index contributed by atoms with van der Waals surface area (Å²) in [5.41, 5.74) is 1.94. The summed E-state index contributed by atoms with van der Waals surface area (Å²) >= 11 is 0. The molecule has 0 spiro atoms. The van der Waals surface area contributed by atoms with Gasteiger partial charge in [0.25, 0.3) is 5.91 Å². The number of benzene rings is 1. The highest BCUT2D eigenvalue weighted by Gasteiger charge is 2.12. The van der Waals surface area contributed by atoms with Crippen LogP contribution in [0.2, 0.25) is 0 Å². The molecule has 138 valence electrons. The van der Waals surface area contributed by atoms with Gasteiger partial charge in [0.1, 0.15) is 11.9 Å². The Morgan fingerprint density at radius 3 is 2.65 bits per heavy atom. The van der Waals surface area contributed by atoms with Crippen LogP contribution in [0.15, 0.2) is 48.8 Å². The van der Waals surface area contributed by atoms with E-state index in [0.717, 1.165) is 6.54 Å². The fourth-order valence-corrected chi connectivity index (χ4v) is 3.17. The van der Waals surface area contributed by atoms with Gasteiger partial charge in [-0.2, -0.15) is 0 Å². The molecule has 2 heterocycles. The van der Waals surface area contributed by atoms with E-state index in [9.17, 15) is 4.79 Å². The van der Waals surface area contributed by atoms with Gasteiger partial charge in [0.2, 0.25) is 0 Å². The first-order chi connectivity index (χ1) is 12.7. The topological polar surface area (TPSA) is 54.5 Å². The molecule has 5 nitrogen and oxygen atoms in total. The molecule has 0 bridgehead atoms. The maximum Gasteiger partial charge on any atom is 0.251 e. The number of carbonyl (C=O) groups excluding carboxylic acids is 1. The van der Waals surface area contributed by atoms with E-state index in [-0.39, 0.29) is 12.0 Å². The Hall–Kier alpha value is -2.40. The van der Waals surface area contributed by atoms with Crippen molar-refractivity contribution in [2.45, 2.75) is 38.8 Å².